The fourth-order valence-corrected chi connectivity index (χ4v) is 3.62. The number of nitrogens with one attached hydrogen (secondary N) is 1. The summed E-state index contributed by atoms with van der Waals surface area (Å²) in [5, 5.41) is 3.38. The maximum absolute atomic E-state index is 13.7. The van der Waals surface area contributed by atoms with Crippen LogP contribution in [0.1, 0.15) is 21.8 Å². The molecule has 1 saturated heterocycles. The van der Waals surface area contributed by atoms with E-state index in [9.17, 15) is 14.0 Å². The molecule has 7 heteroatoms. The largest absolute Gasteiger partial charge is 0.383 e. The van der Waals surface area contributed by atoms with Crippen molar-refractivity contribution in [2.45, 2.75) is 5.92 Å². The van der Waals surface area contributed by atoms with Crippen molar-refractivity contribution in [3.63, 3.8) is 0 Å². The average molecular weight is 405 g/mol. The second-order valence-electron chi connectivity index (χ2n) is 6.77. The van der Waals surface area contributed by atoms with Crippen LogP contribution in [-0.4, -0.2) is 50.1 Å². The third-order valence-electron chi connectivity index (χ3n) is 4.92. The Morgan fingerprint density at radius 2 is 1.96 bits per heavy atom. The van der Waals surface area contributed by atoms with Crippen LogP contribution in [-0.2, 0) is 9.53 Å². The summed E-state index contributed by atoms with van der Waals surface area (Å²) in [4.78, 5) is 27.2. The molecule has 2 atom stereocenters. The van der Waals surface area contributed by atoms with Gasteiger partial charge in [-0.2, -0.15) is 0 Å². The predicted octanol–water partition coefficient (Wildman–Crippen LogP) is 3.10. The van der Waals surface area contributed by atoms with Crippen molar-refractivity contribution in [1.82, 2.24) is 10.2 Å². The Morgan fingerprint density at radius 3 is 2.64 bits per heavy atom. The normalized spacial score (nSPS) is 18.9. The van der Waals surface area contributed by atoms with E-state index >= 15 is 0 Å². The number of rotatable bonds is 6. The van der Waals surface area contributed by atoms with Crippen LogP contribution in [0.25, 0.3) is 0 Å². The number of carbonyl (C=O) groups is 2. The van der Waals surface area contributed by atoms with Gasteiger partial charge in [-0.1, -0.05) is 23.7 Å². The highest BCUT2D eigenvalue weighted by atomic mass is 35.5. The molecular weight excluding hydrogens is 383 g/mol. The van der Waals surface area contributed by atoms with Crippen LogP contribution in [0.2, 0.25) is 5.02 Å². The molecule has 0 radical (unpaired) electrons. The first-order valence-corrected chi connectivity index (χ1v) is 9.44. The summed E-state index contributed by atoms with van der Waals surface area (Å²) in [6.45, 7) is 1.39. The van der Waals surface area contributed by atoms with Crippen LogP contribution in [0.15, 0.2) is 48.5 Å². The molecule has 0 aliphatic carbocycles. The number of halogens is 2. The molecule has 2 aromatic rings. The van der Waals surface area contributed by atoms with Gasteiger partial charge >= 0.3 is 0 Å². The third kappa shape index (κ3) is 4.69. The van der Waals surface area contributed by atoms with Crippen molar-refractivity contribution in [1.29, 1.82) is 0 Å². The number of likely N-dealkylation sites (tertiary alicyclic amines) is 1. The second kappa shape index (κ2) is 9.17. The summed E-state index contributed by atoms with van der Waals surface area (Å²) in [6, 6.07) is 12.8. The number of hydrogen-bond donors (Lipinski definition) is 1. The molecule has 1 fully saturated rings. The minimum Gasteiger partial charge on any atom is -0.383 e. The Kier molecular flexibility index (Phi) is 6.65. The van der Waals surface area contributed by atoms with Gasteiger partial charge in [0.1, 0.15) is 5.82 Å². The summed E-state index contributed by atoms with van der Waals surface area (Å²) >= 11 is 5.90. The van der Waals surface area contributed by atoms with Gasteiger partial charge in [-0.15, -0.1) is 0 Å². The Morgan fingerprint density at radius 1 is 1.21 bits per heavy atom. The molecule has 0 spiro atoms. The van der Waals surface area contributed by atoms with Gasteiger partial charge in [-0.3, -0.25) is 9.59 Å². The highest BCUT2D eigenvalue weighted by Gasteiger charge is 2.40. The molecule has 1 N–H and O–H groups in total. The van der Waals surface area contributed by atoms with Gasteiger partial charge in [-0.05, 0) is 42.0 Å². The van der Waals surface area contributed by atoms with Gasteiger partial charge in [-0.25, -0.2) is 4.39 Å². The maximum Gasteiger partial charge on any atom is 0.253 e. The predicted molar refractivity (Wildman–Crippen MR) is 105 cm³/mol. The Bertz CT molecular complexity index is 844. The van der Waals surface area contributed by atoms with Crippen molar-refractivity contribution in [3.8, 4) is 0 Å². The lowest BCUT2D eigenvalue weighted by atomic mass is 9.88. The molecule has 2 amide bonds. The fourth-order valence-electron chi connectivity index (χ4n) is 3.49. The first-order valence-electron chi connectivity index (χ1n) is 9.06. The molecule has 0 aromatic heterocycles. The molecule has 3 rings (SSSR count). The monoisotopic (exact) mass is 404 g/mol. The fraction of sp³-hybridized carbons (Fsp3) is 0.333. The quantitative estimate of drug-likeness (QED) is 0.753. The van der Waals surface area contributed by atoms with Gasteiger partial charge in [0.25, 0.3) is 5.91 Å². The standard InChI is InChI=1S/C21H22ClFN2O3/c1-28-10-9-24-20(26)19-13-25(21(27)14-5-7-16(22)8-6-14)12-18(19)15-3-2-4-17(23)11-15/h2-8,11,18-19H,9-10,12-13H2,1H3,(H,24,26). The van der Waals surface area contributed by atoms with Crippen LogP contribution in [0.4, 0.5) is 4.39 Å². The topological polar surface area (TPSA) is 58.6 Å². The summed E-state index contributed by atoms with van der Waals surface area (Å²) in [6.07, 6.45) is 0. The number of methoxy groups -OCH3 is 1. The van der Waals surface area contributed by atoms with E-state index in [1.54, 1.807) is 48.4 Å². The number of nitrogens with zero attached hydrogens (tertiary/aromatic N) is 1. The summed E-state index contributed by atoms with van der Waals surface area (Å²) < 4.78 is 18.7. The van der Waals surface area contributed by atoms with Crippen molar-refractivity contribution in [2.75, 3.05) is 33.4 Å². The van der Waals surface area contributed by atoms with Crippen molar-refractivity contribution >= 4 is 23.4 Å². The number of amides is 2. The molecule has 28 heavy (non-hydrogen) atoms. The second-order valence-corrected chi connectivity index (χ2v) is 7.21. The zero-order chi connectivity index (χ0) is 20.1. The van der Waals surface area contributed by atoms with E-state index in [0.717, 1.165) is 0 Å². The van der Waals surface area contributed by atoms with Gasteiger partial charge in [0, 0.05) is 43.2 Å². The van der Waals surface area contributed by atoms with Crippen LogP contribution in [0.3, 0.4) is 0 Å². The first-order chi connectivity index (χ1) is 13.5. The molecule has 0 bridgehead atoms. The first kappa shape index (κ1) is 20.3. The number of benzene rings is 2. The van der Waals surface area contributed by atoms with E-state index in [1.165, 1.54) is 12.1 Å². The Labute approximate surface area is 168 Å². The van der Waals surface area contributed by atoms with Crippen LogP contribution in [0.5, 0.6) is 0 Å². The number of carbonyl (C=O) groups excluding carboxylic acids is 2. The Hall–Kier alpha value is -2.44. The molecule has 1 aliphatic heterocycles. The van der Waals surface area contributed by atoms with Gasteiger partial charge in [0.2, 0.25) is 5.91 Å². The highest BCUT2D eigenvalue weighted by Crippen LogP contribution is 2.34. The third-order valence-corrected chi connectivity index (χ3v) is 5.17. The van der Waals surface area contributed by atoms with Crippen LogP contribution in [0, 0.1) is 11.7 Å². The van der Waals surface area contributed by atoms with Gasteiger partial charge in [0.05, 0.1) is 12.5 Å². The summed E-state index contributed by atoms with van der Waals surface area (Å²) in [5.74, 6) is -1.45. The summed E-state index contributed by atoms with van der Waals surface area (Å²) in [7, 11) is 1.56. The molecule has 148 valence electrons. The van der Waals surface area contributed by atoms with E-state index in [1.807, 2.05) is 0 Å². The molecule has 1 heterocycles. The van der Waals surface area contributed by atoms with Crippen molar-refractivity contribution in [2.24, 2.45) is 5.92 Å². The molecular formula is C21H22ClFN2O3. The van der Waals surface area contributed by atoms with Crippen LogP contribution < -0.4 is 5.32 Å². The van der Waals surface area contributed by atoms with Crippen molar-refractivity contribution in [3.05, 3.63) is 70.5 Å². The van der Waals surface area contributed by atoms with Crippen LogP contribution >= 0.6 is 11.6 Å². The lowest BCUT2D eigenvalue weighted by Crippen LogP contribution is -2.37. The molecule has 0 saturated carbocycles. The lowest BCUT2D eigenvalue weighted by molar-refractivity contribution is -0.125. The van der Waals surface area contributed by atoms with Crippen molar-refractivity contribution < 1.29 is 18.7 Å². The SMILES string of the molecule is COCCNC(=O)C1CN(C(=O)c2ccc(Cl)cc2)CC1c1cccc(F)c1. The number of ether oxygens (including phenoxy) is 1. The lowest BCUT2D eigenvalue weighted by Gasteiger charge is -2.18. The smallest absolute Gasteiger partial charge is 0.253 e. The van der Waals surface area contributed by atoms with E-state index < -0.39 is 5.92 Å². The zero-order valence-corrected chi connectivity index (χ0v) is 16.3. The Balaban J connectivity index is 1.82. The van der Waals surface area contributed by atoms with Gasteiger partial charge < -0.3 is 15.0 Å². The number of hydrogen-bond acceptors (Lipinski definition) is 3. The van der Waals surface area contributed by atoms with E-state index in [2.05, 4.69) is 5.32 Å². The molecule has 2 unspecified atom stereocenters. The van der Waals surface area contributed by atoms with E-state index in [-0.39, 0.29) is 30.1 Å². The molecule has 5 nitrogen and oxygen atoms in total. The van der Waals surface area contributed by atoms with E-state index in [0.29, 0.717) is 35.8 Å². The minimum absolute atomic E-state index is 0.169. The molecule has 1 aliphatic rings. The molecule has 2 aromatic carbocycles. The van der Waals surface area contributed by atoms with E-state index in [4.69, 9.17) is 16.3 Å². The highest BCUT2D eigenvalue weighted by molar-refractivity contribution is 6.30. The maximum atomic E-state index is 13.7. The minimum atomic E-state index is -0.463. The van der Waals surface area contributed by atoms with Gasteiger partial charge in [0.15, 0.2) is 0 Å². The zero-order valence-electron chi connectivity index (χ0n) is 15.5. The summed E-state index contributed by atoms with van der Waals surface area (Å²) in [5.41, 5.74) is 1.21. The average Bonchev–Trinajstić information content (AvgIpc) is 3.14.